The zero-order chi connectivity index (χ0) is 13.6. The minimum atomic E-state index is -2.97. The maximum Gasteiger partial charge on any atom is 0.150 e. The number of sulfone groups is 1. The second-order valence-corrected chi connectivity index (χ2v) is 6.30. The summed E-state index contributed by atoms with van der Waals surface area (Å²) in [5, 5.41) is 11.4. The maximum absolute atomic E-state index is 13.4. The molecule has 6 heteroatoms. The van der Waals surface area contributed by atoms with Crippen molar-refractivity contribution >= 4 is 15.5 Å². The summed E-state index contributed by atoms with van der Waals surface area (Å²) >= 11 is 0. The Morgan fingerprint density at radius 3 is 2.72 bits per heavy atom. The third-order valence-corrected chi connectivity index (χ3v) is 4.28. The number of hydrogen-bond donors (Lipinski definition) is 1. The average molecular weight is 270 g/mol. The van der Waals surface area contributed by atoms with E-state index < -0.39 is 15.7 Å². The highest BCUT2D eigenvalue weighted by Crippen LogP contribution is 2.15. The molecule has 0 aliphatic heterocycles. The molecule has 0 aromatic heterocycles. The van der Waals surface area contributed by atoms with Gasteiger partial charge in [0.15, 0.2) is 0 Å². The van der Waals surface area contributed by atoms with Gasteiger partial charge in [-0.1, -0.05) is 6.92 Å². The molecule has 0 amide bonds. The van der Waals surface area contributed by atoms with Gasteiger partial charge in [-0.05, 0) is 24.6 Å². The highest BCUT2D eigenvalue weighted by Gasteiger charge is 2.07. The van der Waals surface area contributed by atoms with E-state index in [-0.39, 0.29) is 22.8 Å². The molecule has 18 heavy (non-hydrogen) atoms. The molecule has 0 saturated heterocycles. The monoisotopic (exact) mass is 270 g/mol. The van der Waals surface area contributed by atoms with Crippen LogP contribution < -0.4 is 5.32 Å². The number of nitrogens with zero attached hydrogens (tertiary/aromatic N) is 1. The van der Waals surface area contributed by atoms with Crippen LogP contribution in [-0.4, -0.2) is 26.5 Å². The Bertz CT molecular complexity index is 550. The van der Waals surface area contributed by atoms with Crippen molar-refractivity contribution in [3.05, 3.63) is 29.6 Å². The lowest BCUT2D eigenvalue weighted by molar-refractivity contribution is 0.595. The molecule has 1 aromatic rings. The minimum Gasteiger partial charge on any atom is -0.383 e. The third kappa shape index (κ3) is 4.34. The summed E-state index contributed by atoms with van der Waals surface area (Å²) < 4.78 is 35.9. The van der Waals surface area contributed by atoms with Gasteiger partial charge in [0.2, 0.25) is 0 Å². The number of benzene rings is 1. The van der Waals surface area contributed by atoms with E-state index in [1.54, 1.807) is 6.92 Å². The number of hydrogen-bond acceptors (Lipinski definition) is 4. The van der Waals surface area contributed by atoms with Crippen LogP contribution in [0.3, 0.4) is 0 Å². The van der Waals surface area contributed by atoms with Crippen LogP contribution in [0.1, 0.15) is 18.9 Å². The van der Waals surface area contributed by atoms with Crippen molar-refractivity contribution in [2.24, 2.45) is 0 Å². The fraction of sp³-hybridized carbons (Fsp3) is 0.417. The number of halogens is 1. The molecule has 0 spiro atoms. The van der Waals surface area contributed by atoms with Gasteiger partial charge < -0.3 is 5.32 Å². The van der Waals surface area contributed by atoms with Crippen LogP contribution in [0.5, 0.6) is 0 Å². The molecule has 4 nitrogen and oxygen atoms in total. The molecule has 0 radical (unpaired) electrons. The SMILES string of the molecule is CCS(=O)(=O)CCCNc1ccc(C#N)cc1F. The Kier molecular flexibility index (Phi) is 5.10. The lowest BCUT2D eigenvalue weighted by Gasteiger charge is -2.07. The first-order valence-corrected chi connectivity index (χ1v) is 7.44. The lowest BCUT2D eigenvalue weighted by atomic mass is 10.2. The Balaban J connectivity index is 2.48. The van der Waals surface area contributed by atoms with Crippen molar-refractivity contribution in [2.75, 3.05) is 23.4 Å². The van der Waals surface area contributed by atoms with Gasteiger partial charge in [-0.15, -0.1) is 0 Å². The van der Waals surface area contributed by atoms with Crippen molar-refractivity contribution in [3.8, 4) is 6.07 Å². The highest BCUT2D eigenvalue weighted by atomic mass is 32.2. The van der Waals surface area contributed by atoms with Crippen molar-refractivity contribution < 1.29 is 12.8 Å². The number of rotatable bonds is 6. The molecule has 1 aromatic carbocycles. The predicted octanol–water partition coefficient (Wildman–Crippen LogP) is 1.93. The number of nitrogens with one attached hydrogen (secondary N) is 1. The van der Waals surface area contributed by atoms with E-state index in [9.17, 15) is 12.8 Å². The normalized spacial score (nSPS) is 10.9. The first-order valence-electron chi connectivity index (χ1n) is 5.62. The quantitative estimate of drug-likeness (QED) is 0.802. The zero-order valence-corrected chi connectivity index (χ0v) is 10.9. The van der Waals surface area contributed by atoms with Gasteiger partial charge in [0.25, 0.3) is 0 Å². The van der Waals surface area contributed by atoms with E-state index >= 15 is 0 Å². The largest absolute Gasteiger partial charge is 0.383 e. The molecule has 0 bridgehead atoms. The summed E-state index contributed by atoms with van der Waals surface area (Å²) in [6.07, 6.45) is 0.426. The van der Waals surface area contributed by atoms with E-state index in [4.69, 9.17) is 5.26 Å². The Morgan fingerprint density at radius 1 is 1.44 bits per heavy atom. The zero-order valence-electron chi connectivity index (χ0n) is 10.1. The summed E-state index contributed by atoms with van der Waals surface area (Å²) in [4.78, 5) is 0. The molecular formula is C12H15FN2O2S. The van der Waals surface area contributed by atoms with E-state index in [1.165, 1.54) is 12.1 Å². The summed E-state index contributed by atoms with van der Waals surface area (Å²) in [6, 6.07) is 5.97. The van der Waals surface area contributed by atoms with Crippen LogP contribution >= 0.6 is 0 Å². The summed E-state index contributed by atoms with van der Waals surface area (Å²) in [7, 11) is -2.97. The number of anilines is 1. The highest BCUT2D eigenvalue weighted by molar-refractivity contribution is 7.91. The molecule has 0 aliphatic carbocycles. The van der Waals surface area contributed by atoms with Crippen molar-refractivity contribution in [3.63, 3.8) is 0 Å². The van der Waals surface area contributed by atoms with Gasteiger partial charge >= 0.3 is 0 Å². The van der Waals surface area contributed by atoms with Crippen molar-refractivity contribution in [2.45, 2.75) is 13.3 Å². The third-order valence-electron chi connectivity index (χ3n) is 2.49. The van der Waals surface area contributed by atoms with Gasteiger partial charge in [-0.25, -0.2) is 12.8 Å². The second-order valence-electron chi connectivity index (χ2n) is 3.82. The van der Waals surface area contributed by atoms with E-state index in [0.717, 1.165) is 6.07 Å². The van der Waals surface area contributed by atoms with Crippen LogP contribution in [0, 0.1) is 17.1 Å². The minimum absolute atomic E-state index is 0.0917. The van der Waals surface area contributed by atoms with Gasteiger partial charge in [0, 0.05) is 12.3 Å². The lowest BCUT2D eigenvalue weighted by Crippen LogP contribution is -2.13. The van der Waals surface area contributed by atoms with Gasteiger partial charge in [-0.3, -0.25) is 0 Å². The van der Waals surface area contributed by atoms with Crippen LogP contribution in [0.15, 0.2) is 18.2 Å². The van der Waals surface area contributed by atoms with Crippen molar-refractivity contribution in [1.82, 2.24) is 0 Å². The topological polar surface area (TPSA) is 70.0 Å². The molecule has 0 unspecified atom stereocenters. The molecule has 0 heterocycles. The molecule has 0 fully saturated rings. The Labute approximate surface area is 106 Å². The fourth-order valence-electron chi connectivity index (χ4n) is 1.39. The molecule has 0 saturated carbocycles. The van der Waals surface area contributed by atoms with Crippen LogP contribution in [0.2, 0.25) is 0 Å². The van der Waals surface area contributed by atoms with Gasteiger partial charge in [0.1, 0.15) is 15.7 Å². The van der Waals surface area contributed by atoms with E-state index in [0.29, 0.717) is 13.0 Å². The van der Waals surface area contributed by atoms with Crippen molar-refractivity contribution in [1.29, 1.82) is 5.26 Å². The van der Waals surface area contributed by atoms with Crippen LogP contribution in [0.4, 0.5) is 10.1 Å². The Hall–Kier alpha value is -1.61. The standard InChI is InChI=1S/C12H15FN2O2S/c1-2-18(16,17)7-3-6-15-12-5-4-10(9-14)8-11(12)13/h4-5,8,15H,2-3,6-7H2,1H3. The van der Waals surface area contributed by atoms with Gasteiger partial charge in [0.05, 0.1) is 23.1 Å². The van der Waals surface area contributed by atoms with Crippen LogP contribution in [0.25, 0.3) is 0 Å². The molecule has 1 rings (SSSR count). The summed E-state index contributed by atoms with van der Waals surface area (Å²) in [5.74, 6) is -0.292. The molecular weight excluding hydrogens is 255 g/mol. The van der Waals surface area contributed by atoms with Crippen LogP contribution in [-0.2, 0) is 9.84 Å². The molecule has 0 aliphatic rings. The fourth-order valence-corrected chi connectivity index (χ4v) is 2.26. The predicted molar refractivity (Wildman–Crippen MR) is 68.5 cm³/mol. The smallest absolute Gasteiger partial charge is 0.150 e. The second kappa shape index (κ2) is 6.36. The Morgan fingerprint density at radius 2 is 2.17 bits per heavy atom. The molecule has 0 atom stereocenters. The van der Waals surface area contributed by atoms with E-state index in [1.807, 2.05) is 6.07 Å². The maximum atomic E-state index is 13.4. The molecule has 1 N–H and O–H groups in total. The summed E-state index contributed by atoms with van der Waals surface area (Å²) in [6.45, 7) is 1.98. The first-order chi connectivity index (χ1) is 8.48. The average Bonchev–Trinajstić information content (AvgIpc) is 2.36. The number of nitriles is 1. The summed E-state index contributed by atoms with van der Waals surface area (Å²) in [5.41, 5.74) is 0.537. The van der Waals surface area contributed by atoms with Gasteiger partial charge in [-0.2, -0.15) is 5.26 Å². The molecule has 98 valence electrons. The first kappa shape index (κ1) is 14.5. The van der Waals surface area contributed by atoms with E-state index in [2.05, 4.69) is 5.32 Å².